The third kappa shape index (κ3) is 3.15. The first-order valence-corrected chi connectivity index (χ1v) is 9.69. The van der Waals surface area contributed by atoms with E-state index in [1.165, 1.54) is 0 Å². The van der Waals surface area contributed by atoms with Gasteiger partial charge >= 0.3 is 0 Å². The monoisotopic (exact) mass is 380 g/mol. The first-order valence-electron chi connectivity index (χ1n) is 9.69. The molecule has 0 amide bonds. The number of ketones is 1. The Kier molecular flexibility index (Phi) is 4.09. The van der Waals surface area contributed by atoms with Crippen molar-refractivity contribution < 1.29 is 14.3 Å². The number of ether oxygens (including phenoxy) is 2. The summed E-state index contributed by atoms with van der Waals surface area (Å²) in [7, 11) is 0. The summed E-state index contributed by atoms with van der Waals surface area (Å²) in [4.78, 5) is 13.1. The molecule has 0 saturated heterocycles. The van der Waals surface area contributed by atoms with Crippen LogP contribution in [0, 0.1) is 6.92 Å². The van der Waals surface area contributed by atoms with Gasteiger partial charge in [-0.3, -0.25) is 4.79 Å². The summed E-state index contributed by atoms with van der Waals surface area (Å²) in [5.41, 5.74) is 2.59. The molecule has 0 fully saturated rings. The number of fused-ring (bicyclic) bond motifs is 2. The van der Waals surface area contributed by atoms with Gasteiger partial charge in [-0.15, -0.1) is 0 Å². The van der Waals surface area contributed by atoms with Crippen molar-refractivity contribution in [1.29, 1.82) is 0 Å². The summed E-state index contributed by atoms with van der Waals surface area (Å²) in [5, 5.41) is 2.15. The first kappa shape index (κ1) is 17.5. The van der Waals surface area contributed by atoms with Crippen molar-refractivity contribution in [2.24, 2.45) is 0 Å². The highest BCUT2D eigenvalue weighted by Crippen LogP contribution is 2.47. The maximum atomic E-state index is 13.1. The van der Waals surface area contributed by atoms with E-state index in [0.717, 1.165) is 21.9 Å². The van der Waals surface area contributed by atoms with Crippen LogP contribution in [0.5, 0.6) is 11.5 Å². The number of carbonyl (C=O) groups excluding carboxylic acids is 1. The van der Waals surface area contributed by atoms with Crippen LogP contribution in [0.15, 0.2) is 91.0 Å². The fourth-order valence-electron chi connectivity index (χ4n) is 3.77. The molecule has 4 aromatic carbocycles. The van der Waals surface area contributed by atoms with Gasteiger partial charge in [0.1, 0.15) is 0 Å². The van der Waals surface area contributed by atoms with Crippen molar-refractivity contribution in [3.05, 3.63) is 108 Å². The number of aryl methyl sites for hydroxylation is 1. The average molecular weight is 380 g/mol. The van der Waals surface area contributed by atoms with E-state index in [9.17, 15) is 4.79 Å². The van der Waals surface area contributed by atoms with Crippen LogP contribution in [0.25, 0.3) is 10.8 Å². The highest BCUT2D eigenvalue weighted by molar-refractivity contribution is 5.97. The van der Waals surface area contributed by atoms with Crippen molar-refractivity contribution in [2.75, 3.05) is 0 Å². The number of hydrogen-bond donors (Lipinski definition) is 0. The van der Waals surface area contributed by atoms with Gasteiger partial charge in [-0.05, 0) is 29.8 Å². The molecule has 0 aromatic heterocycles. The molecule has 1 aliphatic heterocycles. The van der Waals surface area contributed by atoms with Crippen LogP contribution in [0.4, 0.5) is 0 Å². The standard InChI is InChI=1S/C26H20O3/c1-18-11-13-19(14-12-18)23(27)17-26(22-9-3-2-4-10-22)28-24-15-20-7-5-6-8-21(20)16-25(24)29-26/h2-16H,17H2,1H3. The van der Waals surface area contributed by atoms with E-state index in [1.807, 2.05) is 97.9 Å². The van der Waals surface area contributed by atoms with Gasteiger partial charge in [0.25, 0.3) is 5.79 Å². The SMILES string of the molecule is Cc1ccc(C(=O)CC2(c3ccccc3)Oc3cc4ccccc4cc3O2)cc1. The summed E-state index contributed by atoms with van der Waals surface area (Å²) in [6, 6.07) is 29.3. The Morgan fingerprint density at radius 3 is 1.90 bits per heavy atom. The molecule has 5 rings (SSSR count). The smallest absolute Gasteiger partial charge is 0.285 e. The second kappa shape index (κ2) is 6.78. The van der Waals surface area contributed by atoms with Crippen LogP contribution in [-0.2, 0) is 5.79 Å². The minimum absolute atomic E-state index is 0.0220. The molecule has 29 heavy (non-hydrogen) atoms. The molecular formula is C26H20O3. The lowest BCUT2D eigenvalue weighted by molar-refractivity contribution is -0.0846. The van der Waals surface area contributed by atoms with E-state index in [1.54, 1.807) is 0 Å². The van der Waals surface area contributed by atoms with Gasteiger partial charge < -0.3 is 9.47 Å². The van der Waals surface area contributed by atoms with Crippen molar-refractivity contribution in [2.45, 2.75) is 19.1 Å². The van der Waals surface area contributed by atoms with Crippen LogP contribution >= 0.6 is 0 Å². The molecule has 0 aliphatic carbocycles. The quantitative estimate of drug-likeness (QED) is 0.405. The predicted molar refractivity (Wildman–Crippen MR) is 113 cm³/mol. The molecule has 0 unspecified atom stereocenters. The maximum absolute atomic E-state index is 13.1. The van der Waals surface area contributed by atoms with Crippen LogP contribution < -0.4 is 9.47 Å². The lowest BCUT2D eigenvalue weighted by Gasteiger charge is -2.27. The first-order chi connectivity index (χ1) is 14.1. The zero-order valence-corrected chi connectivity index (χ0v) is 16.1. The Bertz CT molecular complexity index is 1150. The molecule has 0 N–H and O–H groups in total. The largest absolute Gasteiger partial charge is 0.444 e. The van der Waals surface area contributed by atoms with Crippen LogP contribution in [0.3, 0.4) is 0 Å². The number of rotatable bonds is 4. The zero-order chi connectivity index (χ0) is 19.8. The molecular weight excluding hydrogens is 360 g/mol. The van der Waals surface area contributed by atoms with Crippen molar-refractivity contribution >= 4 is 16.6 Å². The fourth-order valence-corrected chi connectivity index (χ4v) is 3.77. The second-order valence-electron chi connectivity index (χ2n) is 7.44. The number of Topliss-reactive ketones (excluding diaryl/α,β-unsaturated/α-hetero) is 1. The Hall–Kier alpha value is -3.59. The minimum atomic E-state index is -1.18. The normalized spacial score (nSPS) is 14.1. The third-order valence-corrected chi connectivity index (χ3v) is 5.34. The van der Waals surface area contributed by atoms with Gasteiger partial charge in [0.05, 0.1) is 6.42 Å². The number of hydrogen-bond acceptors (Lipinski definition) is 3. The Morgan fingerprint density at radius 1 is 0.759 bits per heavy atom. The van der Waals surface area contributed by atoms with E-state index in [4.69, 9.17) is 9.47 Å². The van der Waals surface area contributed by atoms with Gasteiger partial charge in [-0.2, -0.15) is 0 Å². The van der Waals surface area contributed by atoms with Gasteiger partial charge in [-0.1, -0.05) is 84.4 Å². The van der Waals surface area contributed by atoms with Crippen molar-refractivity contribution in [3.8, 4) is 11.5 Å². The second-order valence-corrected chi connectivity index (χ2v) is 7.44. The highest BCUT2D eigenvalue weighted by Gasteiger charge is 2.45. The predicted octanol–water partition coefficient (Wildman–Crippen LogP) is 6.05. The van der Waals surface area contributed by atoms with Gasteiger partial charge in [0.15, 0.2) is 17.3 Å². The van der Waals surface area contributed by atoms with E-state index >= 15 is 0 Å². The molecule has 0 atom stereocenters. The Labute approximate surface area is 169 Å². The van der Waals surface area contributed by atoms with E-state index < -0.39 is 5.79 Å². The molecule has 0 bridgehead atoms. The van der Waals surface area contributed by atoms with E-state index in [0.29, 0.717) is 17.1 Å². The molecule has 0 radical (unpaired) electrons. The molecule has 1 aliphatic rings. The number of benzene rings is 4. The van der Waals surface area contributed by atoms with Gasteiger partial charge in [-0.25, -0.2) is 0 Å². The summed E-state index contributed by atoms with van der Waals surface area (Å²) in [6.45, 7) is 2.00. The van der Waals surface area contributed by atoms with Crippen LogP contribution in [0.2, 0.25) is 0 Å². The third-order valence-electron chi connectivity index (χ3n) is 5.34. The molecule has 0 spiro atoms. The summed E-state index contributed by atoms with van der Waals surface area (Å²) in [5.74, 6) is 0.114. The van der Waals surface area contributed by atoms with Crippen molar-refractivity contribution in [1.82, 2.24) is 0 Å². The van der Waals surface area contributed by atoms with Crippen LogP contribution in [-0.4, -0.2) is 5.78 Å². The summed E-state index contributed by atoms with van der Waals surface area (Å²) < 4.78 is 12.7. The summed E-state index contributed by atoms with van der Waals surface area (Å²) >= 11 is 0. The molecule has 4 aromatic rings. The molecule has 1 heterocycles. The lowest BCUT2D eigenvalue weighted by Crippen LogP contribution is -2.38. The van der Waals surface area contributed by atoms with Gasteiger partial charge in [0.2, 0.25) is 0 Å². The average Bonchev–Trinajstić information content (AvgIpc) is 3.11. The number of carbonyl (C=O) groups is 1. The highest BCUT2D eigenvalue weighted by atomic mass is 16.7. The maximum Gasteiger partial charge on any atom is 0.285 e. The van der Waals surface area contributed by atoms with Crippen LogP contribution in [0.1, 0.15) is 27.9 Å². The topological polar surface area (TPSA) is 35.5 Å². The van der Waals surface area contributed by atoms with E-state index in [-0.39, 0.29) is 12.2 Å². The lowest BCUT2D eigenvalue weighted by atomic mass is 9.96. The molecule has 3 heteroatoms. The van der Waals surface area contributed by atoms with E-state index in [2.05, 4.69) is 0 Å². The Balaban J connectivity index is 1.56. The molecule has 3 nitrogen and oxygen atoms in total. The molecule has 0 saturated carbocycles. The zero-order valence-electron chi connectivity index (χ0n) is 16.1. The summed E-state index contributed by atoms with van der Waals surface area (Å²) in [6.07, 6.45) is 0.0884. The van der Waals surface area contributed by atoms with Crippen molar-refractivity contribution in [3.63, 3.8) is 0 Å². The minimum Gasteiger partial charge on any atom is -0.444 e. The fraction of sp³-hybridized carbons (Fsp3) is 0.115. The Morgan fingerprint density at radius 2 is 1.31 bits per heavy atom. The molecule has 142 valence electrons. The van der Waals surface area contributed by atoms with Gasteiger partial charge in [0, 0.05) is 11.1 Å².